The van der Waals surface area contributed by atoms with Gasteiger partial charge in [-0.3, -0.25) is 4.79 Å². The molecule has 1 amide bonds. The molecule has 0 bridgehead atoms. The van der Waals surface area contributed by atoms with Gasteiger partial charge in [0, 0.05) is 25.3 Å². The fourth-order valence-corrected chi connectivity index (χ4v) is 2.59. The second-order valence-corrected chi connectivity index (χ2v) is 5.80. The van der Waals surface area contributed by atoms with Crippen LogP contribution in [0.15, 0.2) is 12.5 Å². The summed E-state index contributed by atoms with van der Waals surface area (Å²) in [6, 6.07) is 0.0181. The van der Waals surface area contributed by atoms with E-state index in [2.05, 4.69) is 39.7 Å². The van der Waals surface area contributed by atoms with E-state index in [9.17, 15) is 4.79 Å². The van der Waals surface area contributed by atoms with Gasteiger partial charge in [-0.05, 0) is 20.8 Å². The van der Waals surface area contributed by atoms with E-state index >= 15 is 0 Å². The molecule has 8 heteroatoms. The maximum Gasteiger partial charge on any atom is 0.272 e. The molecule has 1 unspecified atom stereocenters. The standard InChI is InChI=1S/C14H21N7O/c1-9(2)21-8-16-19-13(21)10(3)17-14(22)11-7-20-5-4-15-6-12(20)18-11/h7-10,15H,4-6H2,1-3H3,(H,17,22). The Morgan fingerprint density at radius 2 is 2.23 bits per heavy atom. The Morgan fingerprint density at radius 1 is 1.41 bits per heavy atom. The molecular formula is C14H21N7O. The fraction of sp³-hybridized carbons (Fsp3) is 0.571. The number of aromatic nitrogens is 5. The van der Waals surface area contributed by atoms with Crippen LogP contribution in [-0.2, 0) is 13.1 Å². The summed E-state index contributed by atoms with van der Waals surface area (Å²) in [6.45, 7) is 8.45. The minimum Gasteiger partial charge on any atom is -0.341 e. The van der Waals surface area contributed by atoms with Gasteiger partial charge in [0.25, 0.3) is 5.91 Å². The van der Waals surface area contributed by atoms with E-state index in [0.717, 1.165) is 24.7 Å². The van der Waals surface area contributed by atoms with Crippen LogP contribution in [0, 0.1) is 0 Å². The zero-order chi connectivity index (χ0) is 15.7. The molecule has 3 rings (SSSR count). The van der Waals surface area contributed by atoms with Crippen LogP contribution in [0.25, 0.3) is 0 Å². The summed E-state index contributed by atoms with van der Waals surface area (Å²) in [5, 5.41) is 14.2. The molecule has 0 fully saturated rings. The van der Waals surface area contributed by atoms with Gasteiger partial charge in [-0.25, -0.2) is 4.98 Å². The van der Waals surface area contributed by atoms with Crippen LogP contribution >= 0.6 is 0 Å². The average molecular weight is 303 g/mol. The highest BCUT2D eigenvalue weighted by Gasteiger charge is 2.21. The van der Waals surface area contributed by atoms with Crippen LogP contribution < -0.4 is 10.6 Å². The Kier molecular flexibility index (Phi) is 3.93. The van der Waals surface area contributed by atoms with Crippen molar-refractivity contribution < 1.29 is 4.79 Å². The summed E-state index contributed by atoms with van der Waals surface area (Å²) in [6.07, 6.45) is 3.50. The van der Waals surface area contributed by atoms with E-state index in [4.69, 9.17) is 0 Å². The number of nitrogens with zero attached hydrogens (tertiary/aromatic N) is 5. The van der Waals surface area contributed by atoms with Gasteiger partial charge in [-0.2, -0.15) is 0 Å². The van der Waals surface area contributed by atoms with E-state index in [0.29, 0.717) is 12.2 Å². The van der Waals surface area contributed by atoms with E-state index in [1.165, 1.54) is 0 Å². The van der Waals surface area contributed by atoms with Gasteiger partial charge in [0.1, 0.15) is 17.8 Å². The van der Waals surface area contributed by atoms with E-state index in [-0.39, 0.29) is 18.0 Å². The van der Waals surface area contributed by atoms with E-state index < -0.39 is 0 Å². The second kappa shape index (κ2) is 5.88. The molecule has 1 atom stereocenters. The third-order valence-corrected chi connectivity index (χ3v) is 3.80. The Balaban J connectivity index is 1.73. The topological polar surface area (TPSA) is 89.7 Å². The van der Waals surface area contributed by atoms with E-state index in [1.807, 2.05) is 22.3 Å². The first-order valence-corrected chi connectivity index (χ1v) is 7.53. The van der Waals surface area contributed by atoms with Gasteiger partial charge in [0.15, 0.2) is 5.82 Å². The molecule has 0 saturated carbocycles. The summed E-state index contributed by atoms with van der Waals surface area (Å²) in [5.74, 6) is 1.45. The number of nitrogens with one attached hydrogen (secondary N) is 2. The summed E-state index contributed by atoms with van der Waals surface area (Å²) < 4.78 is 3.97. The fourth-order valence-electron chi connectivity index (χ4n) is 2.59. The summed E-state index contributed by atoms with van der Waals surface area (Å²) in [4.78, 5) is 16.8. The zero-order valence-electron chi connectivity index (χ0n) is 13.1. The maximum atomic E-state index is 12.4. The molecule has 22 heavy (non-hydrogen) atoms. The summed E-state index contributed by atoms with van der Waals surface area (Å²) in [5.41, 5.74) is 0.446. The molecule has 2 N–H and O–H groups in total. The first kappa shape index (κ1) is 14.7. The normalized spacial score (nSPS) is 15.6. The molecule has 0 spiro atoms. The minimum atomic E-state index is -0.228. The maximum absolute atomic E-state index is 12.4. The lowest BCUT2D eigenvalue weighted by Gasteiger charge is -2.16. The number of carbonyl (C=O) groups is 1. The predicted octanol–water partition coefficient (Wildman–Crippen LogP) is 0.650. The van der Waals surface area contributed by atoms with Crippen molar-refractivity contribution in [1.82, 2.24) is 34.9 Å². The lowest BCUT2D eigenvalue weighted by molar-refractivity contribution is 0.0932. The van der Waals surface area contributed by atoms with Crippen molar-refractivity contribution in [3.63, 3.8) is 0 Å². The molecular weight excluding hydrogens is 282 g/mol. The Morgan fingerprint density at radius 3 is 2.95 bits per heavy atom. The highest BCUT2D eigenvalue weighted by molar-refractivity contribution is 5.92. The van der Waals surface area contributed by atoms with Gasteiger partial charge in [-0.1, -0.05) is 0 Å². The summed E-state index contributed by atoms with van der Waals surface area (Å²) in [7, 11) is 0. The van der Waals surface area contributed by atoms with Crippen LogP contribution in [0.1, 0.15) is 55.0 Å². The monoisotopic (exact) mass is 303 g/mol. The van der Waals surface area contributed by atoms with Crippen LogP contribution in [0.5, 0.6) is 0 Å². The highest BCUT2D eigenvalue weighted by atomic mass is 16.2. The first-order valence-electron chi connectivity index (χ1n) is 7.53. The molecule has 2 aromatic heterocycles. The third-order valence-electron chi connectivity index (χ3n) is 3.80. The van der Waals surface area contributed by atoms with Crippen molar-refractivity contribution >= 4 is 5.91 Å². The molecule has 0 radical (unpaired) electrons. The van der Waals surface area contributed by atoms with Crippen LogP contribution in [-0.4, -0.2) is 36.8 Å². The average Bonchev–Trinajstić information content (AvgIpc) is 3.13. The molecule has 2 aromatic rings. The van der Waals surface area contributed by atoms with Crippen molar-refractivity contribution in [3.05, 3.63) is 29.9 Å². The Labute approximate surface area is 128 Å². The van der Waals surface area contributed by atoms with Crippen molar-refractivity contribution in [2.75, 3.05) is 6.54 Å². The molecule has 0 aliphatic carbocycles. The smallest absolute Gasteiger partial charge is 0.272 e. The number of fused-ring (bicyclic) bond motifs is 1. The Bertz CT molecular complexity index is 649. The zero-order valence-corrected chi connectivity index (χ0v) is 13.1. The predicted molar refractivity (Wildman–Crippen MR) is 80.2 cm³/mol. The quantitative estimate of drug-likeness (QED) is 0.865. The van der Waals surface area contributed by atoms with Gasteiger partial charge in [0.2, 0.25) is 0 Å². The second-order valence-electron chi connectivity index (χ2n) is 5.80. The lowest BCUT2D eigenvalue weighted by Crippen LogP contribution is -2.29. The molecule has 0 aromatic carbocycles. The van der Waals surface area contributed by atoms with E-state index in [1.54, 1.807) is 6.33 Å². The van der Waals surface area contributed by atoms with Gasteiger partial charge in [0.05, 0.1) is 12.6 Å². The number of imidazole rings is 1. The van der Waals surface area contributed by atoms with Crippen molar-refractivity contribution in [1.29, 1.82) is 0 Å². The number of hydrogen-bond donors (Lipinski definition) is 2. The van der Waals surface area contributed by atoms with Crippen molar-refractivity contribution in [3.8, 4) is 0 Å². The molecule has 1 aliphatic rings. The number of amides is 1. The van der Waals surface area contributed by atoms with Crippen LogP contribution in [0.4, 0.5) is 0 Å². The number of carbonyl (C=O) groups excluding carboxylic acids is 1. The van der Waals surface area contributed by atoms with Crippen molar-refractivity contribution in [2.45, 2.75) is 45.9 Å². The number of rotatable bonds is 4. The SMILES string of the molecule is CC(NC(=O)c1cn2c(n1)CNCC2)c1nncn1C(C)C. The van der Waals surface area contributed by atoms with Gasteiger partial charge in [-0.15, -0.1) is 10.2 Å². The van der Waals surface area contributed by atoms with Crippen LogP contribution in [0.3, 0.4) is 0 Å². The van der Waals surface area contributed by atoms with Gasteiger partial charge >= 0.3 is 0 Å². The molecule has 118 valence electrons. The first-order chi connectivity index (χ1) is 10.6. The third kappa shape index (κ3) is 2.74. The molecule has 8 nitrogen and oxygen atoms in total. The number of hydrogen-bond acceptors (Lipinski definition) is 5. The minimum absolute atomic E-state index is 0.187. The molecule has 3 heterocycles. The highest BCUT2D eigenvalue weighted by Crippen LogP contribution is 2.15. The van der Waals surface area contributed by atoms with Crippen molar-refractivity contribution in [2.24, 2.45) is 0 Å². The largest absolute Gasteiger partial charge is 0.341 e. The van der Waals surface area contributed by atoms with Crippen LogP contribution in [0.2, 0.25) is 0 Å². The summed E-state index contributed by atoms with van der Waals surface area (Å²) >= 11 is 0. The Hall–Kier alpha value is -2.22. The lowest BCUT2D eigenvalue weighted by atomic mass is 10.2. The van der Waals surface area contributed by atoms with Gasteiger partial charge < -0.3 is 19.8 Å². The molecule has 1 aliphatic heterocycles. The molecule has 0 saturated heterocycles.